The lowest BCUT2D eigenvalue weighted by Gasteiger charge is -2.16. The van der Waals surface area contributed by atoms with Crippen LogP contribution < -0.4 is 0 Å². The van der Waals surface area contributed by atoms with E-state index in [0.29, 0.717) is 6.54 Å². The van der Waals surface area contributed by atoms with Crippen molar-refractivity contribution in [3.05, 3.63) is 65.5 Å². The molecule has 2 atom stereocenters. The second-order valence-corrected chi connectivity index (χ2v) is 6.02. The molecule has 1 aromatic carbocycles. The standard InChI is InChI=1S/C18H20N2O2/c1-13-4-6-14(7-5-13)10-20-11-16(17(12-20)18(21)22)15-3-2-8-19-9-15/h2-9,16-17H,10-12H2,1H3,(H,21,22)/t16-,17-/m1/s1. The van der Waals surface area contributed by atoms with E-state index < -0.39 is 5.97 Å². The monoisotopic (exact) mass is 296 g/mol. The first-order chi connectivity index (χ1) is 10.6. The largest absolute Gasteiger partial charge is 0.481 e. The topological polar surface area (TPSA) is 53.4 Å². The molecule has 1 saturated heterocycles. The maximum Gasteiger partial charge on any atom is 0.308 e. The van der Waals surface area contributed by atoms with E-state index in [4.69, 9.17) is 0 Å². The average molecular weight is 296 g/mol. The number of aryl methyl sites for hydroxylation is 1. The Bertz CT molecular complexity index is 640. The number of hydrogen-bond acceptors (Lipinski definition) is 3. The zero-order valence-corrected chi connectivity index (χ0v) is 12.6. The smallest absolute Gasteiger partial charge is 0.308 e. The summed E-state index contributed by atoms with van der Waals surface area (Å²) in [5.41, 5.74) is 3.48. The second-order valence-electron chi connectivity index (χ2n) is 6.02. The molecule has 1 N–H and O–H groups in total. The fourth-order valence-electron chi connectivity index (χ4n) is 3.15. The normalized spacial score (nSPS) is 21.9. The fourth-order valence-corrected chi connectivity index (χ4v) is 3.15. The third-order valence-electron chi connectivity index (χ3n) is 4.35. The highest BCUT2D eigenvalue weighted by molar-refractivity contribution is 5.72. The summed E-state index contributed by atoms with van der Waals surface area (Å²) in [5.74, 6) is -1.08. The molecule has 0 bridgehead atoms. The highest BCUT2D eigenvalue weighted by atomic mass is 16.4. The zero-order chi connectivity index (χ0) is 15.5. The molecular weight excluding hydrogens is 276 g/mol. The van der Waals surface area contributed by atoms with E-state index in [-0.39, 0.29) is 11.8 Å². The summed E-state index contributed by atoms with van der Waals surface area (Å²) in [4.78, 5) is 17.9. The predicted octanol–water partition coefficient (Wildman–Crippen LogP) is 2.69. The Balaban J connectivity index is 1.76. The molecule has 114 valence electrons. The third-order valence-corrected chi connectivity index (χ3v) is 4.35. The van der Waals surface area contributed by atoms with Crippen molar-refractivity contribution in [2.75, 3.05) is 13.1 Å². The van der Waals surface area contributed by atoms with Crippen LogP contribution in [0, 0.1) is 12.8 Å². The van der Waals surface area contributed by atoms with Crippen LogP contribution in [0.1, 0.15) is 22.6 Å². The van der Waals surface area contributed by atoms with Crippen molar-refractivity contribution in [3.8, 4) is 0 Å². The van der Waals surface area contributed by atoms with Gasteiger partial charge in [-0.15, -0.1) is 0 Å². The minimum absolute atomic E-state index is 0.0108. The molecule has 2 heterocycles. The van der Waals surface area contributed by atoms with Gasteiger partial charge in [-0.3, -0.25) is 14.7 Å². The van der Waals surface area contributed by atoms with Gasteiger partial charge in [0.15, 0.2) is 0 Å². The van der Waals surface area contributed by atoms with Gasteiger partial charge in [0.2, 0.25) is 0 Å². The molecule has 1 fully saturated rings. The van der Waals surface area contributed by atoms with Crippen LogP contribution in [0.2, 0.25) is 0 Å². The molecule has 0 saturated carbocycles. The van der Waals surface area contributed by atoms with Crippen molar-refractivity contribution in [1.29, 1.82) is 0 Å². The van der Waals surface area contributed by atoms with E-state index in [2.05, 4.69) is 41.1 Å². The van der Waals surface area contributed by atoms with E-state index in [1.165, 1.54) is 11.1 Å². The van der Waals surface area contributed by atoms with Crippen LogP contribution in [0.15, 0.2) is 48.8 Å². The molecule has 22 heavy (non-hydrogen) atoms. The Morgan fingerprint density at radius 2 is 2.05 bits per heavy atom. The minimum atomic E-state index is -0.722. The minimum Gasteiger partial charge on any atom is -0.481 e. The Hall–Kier alpha value is -2.20. The van der Waals surface area contributed by atoms with Crippen molar-refractivity contribution < 1.29 is 9.90 Å². The molecule has 1 aliphatic rings. The molecule has 3 rings (SSSR count). The Kier molecular flexibility index (Phi) is 4.20. The lowest BCUT2D eigenvalue weighted by molar-refractivity contribution is -0.141. The van der Waals surface area contributed by atoms with Crippen LogP contribution in [0.25, 0.3) is 0 Å². The molecule has 1 aromatic heterocycles. The summed E-state index contributed by atoms with van der Waals surface area (Å²) in [6.45, 7) is 4.21. The maximum absolute atomic E-state index is 11.6. The van der Waals surface area contributed by atoms with Crippen LogP contribution in [-0.2, 0) is 11.3 Å². The summed E-state index contributed by atoms with van der Waals surface area (Å²) in [5, 5.41) is 9.52. The first-order valence-corrected chi connectivity index (χ1v) is 7.54. The molecule has 0 unspecified atom stereocenters. The predicted molar refractivity (Wildman–Crippen MR) is 84.6 cm³/mol. The van der Waals surface area contributed by atoms with Crippen LogP contribution in [0.3, 0.4) is 0 Å². The summed E-state index contributed by atoms with van der Waals surface area (Å²) in [6.07, 6.45) is 3.51. The number of carboxylic acid groups (broad SMARTS) is 1. The van der Waals surface area contributed by atoms with Gasteiger partial charge in [0.1, 0.15) is 0 Å². The maximum atomic E-state index is 11.6. The Morgan fingerprint density at radius 1 is 1.27 bits per heavy atom. The molecule has 4 nitrogen and oxygen atoms in total. The van der Waals surface area contributed by atoms with E-state index in [9.17, 15) is 9.90 Å². The number of benzene rings is 1. The number of carboxylic acids is 1. The van der Waals surface area contributed by atoms with Gasteiger partial charge >= 0.3 is 5.97 Å². The molecule has 0 radical (unpaired) electrons. The first kappa shape index (κ1) is 14.7. The number of pyridine rings is 1. The van der Waals surface area contributed by atoms with Gasteiger partial charge in [-0.05, 0) is 24.1 Å². The van der Waals surface area contributed by atoms with Crippen LogP contribution in [0.4, 0.5) is 0 Å². The number of aliphatic carboxylic acids is 1. The average Bonchev–Trinajstić information content (AvgIpc) is 2.95. The molecule has 0 spiro atoms. The van der Waals surface area contributed by atoms with Gasteiger partial charge in [0, 0.05) is 37.9 Å². The number of carbonyl (C=O) groups is 1. The number of rotatable bonds is 4. The molecule has 4 heteroatoms. The van der Waals surface area contributed by atoms with E-state index >= 15 is 0 Å². The number of hydrogen-bond donors (Lipinski definition) is 1. The van der Waals surface area contributed by atoms with Gasteiger partial charge in [-0.25, -0.2) is 0 Å². The summed E-state index contributed by atoms with van der Waals surface area (Å²) >= 11 is 0. The molecule has 0 amide bonds. The summed E-state index contributed by atoms with van der Waals surface area (Å²) in [6, 6.07) is 12.3. The number of aromatic nitrogens is 1. The van der Waals surface area contributed by atoms with Crippen LogP contribution in [0.5, 0.6) is 0 Å². The highest BCUT2D eigenvalue weighted by Crippen LogP contribution is 2.33. The number of likely N-dealkylation sites (tertiary alicyclic amines) is 1. The highest BCUT2D eigenvalue weighted by Gasteiger charge is 2.38. The van der Waals surface area contributed by atoms with Gasteiger partial charge in [-0.2, -0.15) is 0 Å². The summed E-state index contributed by atoms with van der Waals surface area (Å²) in [7, 11) is 0. The first-order valence-electron chi connectivity index (χ1n) is 7.54. The van der Waals surface area contributed by atoms with Crippen molar-refractivity contribution in [1.82, 2.24) is 9.88 Å². The fraction of sp³-hybridized carbons (Fsp3) is 0.333. The Morgan fingerprint density at radius 3 is 2.68 bits per heavy atom. The van der Waals surface area contributed by atoms with Crippen molar-refractivity contribution >= 4 is 5.97 Å². The van der Waals surface area contributed by atoms with Gasteiger partial charge in [-0.1, -0.05) is 35.9 Å². The summed E-state index contributed by atoms with van der Waals surface area (Å²) < 4.78 is 0. The number of nitrogens with zero attached hydrogens (tertiary/aromatic N) is 2. The van der Waals surface area contributed by atoms with E-state index in [0.717, 1.165) is 18.7 Å². The zero-order valence-electron chi connectivity index (χ0n) is 12.6. The van der Waals surface area contributed by atoms with Crippen molar-refractivity contribution in [2.45, 2.75) is 19.4 Å². The third kappa shape index (κ3) is 3.17. The SMILES string of the molecule is Cc1ccc(CN2C[C@H](c3cccnc3)[C@H](C(=O)O)C2)cc1. The van der Waals surface area contributed by atoms with E-state index in [1.54, 1.807) is 12.4 Å². The molecule has 2 aromatic rings. The quantitative estimate of drug-likeness (QED) is 0.942. The van der Waals surface area contributed by atoms with Gasteiger partial charge < -0.3 is 5.11 Å². The van der Waals surface area contributed by atoms with Crippen LogP contribution in [-0.4, -0.2) is 34.0 Å². The van der Waals surface area contributed by atoms with Crippen LogP contribution >= 0.6 is 0 Å². The Labute approximate surface area is 130 Å². The lowest BCUT2D eigenvalue weighted by atomic mass is 9.90. The van der Waals surface area contributed by atoms with Gasteiger partial charge in [0.25, 0.3) is 0 Å². The molecule has 1 aliphatic heterocycles. The molecule has 0 aliphatic carbocycles. The van der Waals surface area contributed by atoms with Crippen molar-refractivity contribution in [2.24, 2.45) is 5.92 Å². The second kappa shape index (κ2) is 6.28. The van der Waals surface area contributed by atoms with Crippen molar-refractivity contribution in [3.63, 3.8) is 0 Å². The van der Waals surface area contributed by atoms with E-state index in [1.807, 2.05) is 12.1 Å². The van der Waals surface area contributed by atoms with Gasteiger partial charge in [0.05, 0.1) is 5.92 Å². The molecular formula is C18H20N2O2. The lowest BCUT2D eigenvalue weighted by Crippen LogP contribution is -2.23.